The third-order valence-corrected chi connectivity index (χ3v) is 3.32. The number of aromatic nitrogens is 2. The highest BCUT2D eigenvalue weighted by molar-refractivity contribution is 6.34. The molecule has 3 aromatic rings. The fourth-order valence-electron chi connectivity index (χ4n) is 2.06. The van der Waals surface area contributed by atoms with Gasteiger partial charge in [0.15, 0.2) is 0 Å². The molecule has 2 heterocycles. The van der Waals surface area contributed by atoms with Crippen molar-refractivity contribution in [3.8, 4) is 11.1 Å². The molecule has 21 heavy (non-hydrogen) atoms. The molecule has 1 aromatic carbocycles. The standard InChI is InChI=1S/C14H8ClF3N2.ClH/c15-11-7-12-9(6-13(20-12)14(16,17)18)5-10(11)8-1-3-19-4-2-8;/h1-7,20H;1H. The van der Waals surface area contributed by atoms with Gasteiger partial charge in [0, 0.05) is 28.9 Å². The maximum Gasteiger partial charge on any atom is 0.431 e. The minimum atomic E-state index is -4.40. The molecule has 0 saturated carbocycles. The first kappa shape index (κ1) is 15.7. The summed E-state index contributed by atoms with van der Waals surface area (Å²) in [5.74, 6) is 0. The summed E-state index contributed by atoms with van der Waals surface area (Å²) in [6.07, 6.45) is -1.19. The number of benzene rings is 1. The van der Waals surface area contributed by atoms with E-state index >= 15 is 0 Å². The van der Waals surface area contributed by atoms with Gasteiger partial charge in [0.05, 0.1) is 5.02 Å². The number of pyridine rings is 1. The lowest BCUT2D eigenvalue weighted by atomic mass is 10.1. The zero-order valence-corrected chi connectivity index (χ0v) is 12.0. The van der Waals surface area contributed by atoms with Crippen molar-refractivity contribution in [2.45, 2.75) is 6.18 Å². The van der Waals surface area contributed by atoms with E-state index in [2.05, 4.69) is 9.97 Å². The smallest absolute Gasteiger partial charge is 0.351 e. The van der Waals surface area contributed by atoms with Gasteiger partial charge in [-0.3, -0.25) is 4.98 Å². The largest absolute Gasteiger partial charge is 0.431 e. The first-order valence-corrected chi connectivity index (χ1v) is 6.13. The quantitative estimate of drug-likeness (QED) is 0.641. The van der Waals surface area contributed by atoms with Crippen LogP contribution in [0.1, 0.15) is 5.69 Å². The fourth-order valence-corrected chi connectivity index (χ4v) is 2.33. The molecule has 0 aliphatic rings. The molecule has 2 nitrogen and oxygen atoms in total. The van der Waals surface area contributed by atoms with E-state index in [4.69, 9.17) is 11.6 Å². The zero-order chi connectivity index (χ0) is 14.3. The summed E-state index contributed by atoms with van der Waals surface area (Å²) in [6, 6.07) is 7.73. The molecule has 0 atom stereocenters. The van der Waals surface area contributed by atoms with Crippen molar-refractivity contribution in [1.82, 2.24) is 9.97 Å². The van der Waals surface area contributed by atoms with Crippen LogP contribution in [0.3, 0.4) is 0 Å². The Morgan fingerprint density at radius 1 is 1.05 bits per heavy atom. The van der Waals surface area contributed by atoms with Crippen LogP contribution in [0.5, 0.6) is 0 Å². The van der Waals surface area contributed by atoms with Crippen molar-refractivity contribution in [2.75, 3.05) is 0 Å². The van der Waals surface area contributed by atoms with Crippen molar-refractivity contribution in [1.29, 1.82) is 0 Å². The van der Waals surface area contributed by atoms with Crippen LogP contribution in [0.15, 0.2) is 42.7 Å². The number of rotatable bonds is 1. The molecule has 110 valence electrons. The van der Waals surface area contributed by atoms with Crippen LogP contribution in [-0.4, -0.2) is 9.97 Å². The van der Waals surface area contributed by atoms with E-state index in [1.54, 1.807) is 30.6 Å². The maximum atomic E-state index is 12.7. The molecule has 0 radical (unpaired) electrons. The van der Waals surface area contributed by atoms with Gasteiger partial charge in [0.25, 0.3) is 0 Å². The van der Waals surface area contributed by atoms with E-state index in [-0.39, 0.29) is 12.4 Å². The Bertz CT molecular complexity index is 767. The number of halogens is 5. The Hall–Kier alpha value is -1.72. The number of hydrogen-bond donors (Lipinski definition) is 1. The molecule has 0 spiro atoms. The van der Waals surface area contributed by atoms with E-state index in [0.29, 0.717) is 21.5 Å². The number of fused-ring (bicyclic) bond motifs is 1. The van der Waals surface area contributed by atoms with E-state index < -0.39 is 11.9 Å². The number of aromatic amines is 1. The van der Waals surface area contributed by atoms with Crippen LogP contribution in [-0.2, 0) is 6.18 Å². The minimum absolute atomic E-state index is 0. The van der Waals surface area contributed by atoms with Crippen LogP contribution in [0.2, 0.25) is 5.02 Å². The molecule has 0 fully saturated rings. The summed E-state index contributed by atoms with van der Waals surface area (Å²) in [5, 5.41) is 0.854. The molecule has 7 heteroatoms. The van der Waals surface area contributed by atoms with E-state index in [1.165, 1.54) is 6.07 Å². The van der Waals surface area contributed by atoms with Gasteiger partial charge in [-0.15, -0.1) is 12.4 Å². The van der Waals surface area contributed by atoms with Crippen LogP contribution in [0, 0.1) is 0 Å². The third-order valence-electron chi connectivity index (χ3n) is 3.01. The normalized spacial score (nSPS) is 11.4. The van der Waals surface area contributed by atoms with Crippen molar-refractivity contribution in [3.05, 3.63) is 53.4 Å². The lowest BCUT2D eigenvalue weighted by molar-refractivity contribution is -0.140. The van der Waals surface area contributed by atoms with Crippen molar-refractivity contribution in [3.63, 3.8) is 0 Å². The summed E-state index contributed by atoms with van der Waals surface area (Å²) in [6.45, 7) is 0. The first-order chi connectivity index (χ1) is 9.45. The van der Waals surface area contributed by atoms with Crippen molar-refractivity contribution in [2.24, 2.45) is 0 Å². The predicted octanol–water partition coefficient (Wildman–Crippen LogP) is 5.32. The van der Waals surface area contributed by atoms with Gasteiger partial charge in [-0.1, -0.05) is 11.6 Å². The van der Waals surface area contributed by atoms with Gasteiger partial charge in [-0.2, -0.15) is 13.2 Å². The summed E-state index contributed by atoms with van der Waals surface area (Å²) < 4.78 is 38.0. The average Bonchev–Trinajstić information content (AvgIpc) is 2.81. The molecule has 2 aromatic heterocycles. The van der Waals surface area contributed by atoms with E-state index in [9.17, 15) is 13.2 Å². The predicted molar refractivity (Wildman–Crippen MR) is 78.8 cm³/mol. The Balaban J connectivity index is 0.00000161. The van der Waals surface area contributed by atoms with Crippen LogP contribution in [0.25, 0.3) is 22.0 Å². The first-order valence-electron chi connectivity index (χ1n) is 5.75. The number of nitrogens with one attached hydrogen (secondary N) is 1. The molecule has 0 unspecified atom stereocenters. The molecule has 0 aliphatic heterocycles. The van der Waals surface area contributed by atoms with Crippen LogP contribution >= 0.6 is 24.0 Å². The second-order valence-electron chi connectivity index (χ2n) is 4.34. The van der Waals surface area contributed by atoms with Crippen molar-refractivity contribution < 1.29 is 13.2 Å². The lowest BCUT2D eigenvalue weighted by Gasteiger charge is -2.04. The number of nitrogens with zero attached hydrogens (tertiary/aromatic N) is 1. The Morgan fingerprint density at radius 2 is 1.71 bits per heavy atom. The summed E-state index contributed by atoms with van der Waals surface area (Å²) in [4.78, 5) is 6.23. The lowest BCUT2D eigenvalue weighted by Crippen LogP contribution is -2.04. The van der Waals surface area contributed by atoms with Gasteiger partial charge in [0.1, 0.15) is 5.69 Å². The van der Waals surface area contributed by atoms with Crippen molar-refractivity contribution >= 4 is 34.9 Å². The van der Waals surface area contributed by atoms with Gasteiger partial charge >= 0.3 is 6.18 Å². The highest BCUT2D eigenvalue weighted by atomic mass is 35.5. The fraction of sp³-hybridized carbons (Fsp3) is 0.0714. The maximum absolute atomic E-state index is 12.7. The van der Waals surface area contributed by atoms with E-state index in [1.807, 2.05) is 0 Å². The van der Waals surface area contributed by atoms with Gasteiger partial charge < -0.3 is 4.98 Å². The molecule has 0 amide bonds. The monoisotopic (exact) mass is 332 g/mol. The van der Waals surface area contributed by atoms with Crippen LogP contribution < -0.4 is 0 Å². The second-order valence-corrected chi connectivity index (χ2v) is 4.74. The second kappa shape index (κ2) is 5.58. The zero-order valence-electron chi connectivity index (χ0n) is 10.4. The molecule has 0 bridgehead atoms. The van der Waals surface area contributed by atoms with Crippen LogP contribution in [0.4, 0.5) is 13.2 Å². The Morgan fingerprint density at radius 3 is 2.33 bits per heavy atom. The van der Waals surface area contributed by atoms with Gasteiger partial charge in [-0.25, -0.2) is 0 Å². The summed E-state index contributed by atoms with van der Waals surface area (Å²) in [5.41, 5.74) is 1.06. The topological polar surface area (TPSA) is 28.7 Å². The number of hydrogen-bond acceptors (Lipinski definition) is 1. The Labute approximate surface area is 129 Å². The highest BCUT2D eigenvalue weighted by Crippen LogP contribution is 2.35. The molecular formula is C14H9Cl2F3N2. The highest BCUT2D eigenvalue weighted by Gasteiger charge is 2.32. The molecule has 0 aliphatic carbocycles. The summed E-state index contributed by atoms with van der Waals surface area (Å²) >= 11 is 6.14. The molecule has 3 rings (SSSR count). The molecular weight excluding hydrogens is 324 g/mol. The van der Waals surface area contributed by atoms with Gasteiger partial charge in [0.2, 0.25) is 0 Å². The number of alkyl halides is 3. The van der Waals surface area contributed by atoms with Gasteiger partial charge in [-0.05, 0) is 35.9 Å². The summed E-state index contributed by atoms with van der Waals surface area (Å²) in [7, 11) is 0. The Kier molecular flexibility index (Phi) is 4.16. The minimum Gasteiger partial charge on any atom is -0.351 e. The average molecular weight is 333 g/mol. The SMILES string of the molecule is Cl.FC(F)(F)c1cc2cc(-c3ccncc3)c(Cl)cc2[nH]1. The molecule has 1 N–H and O–H groups in total. The van der Waals surface area contributed by atoms with E-state index in [0.717, 1.165) is 11.6 Å². The number of H-pyrrole nitrogens is 1. The molecule has 0 saturated heterocycles. The third kappa shape index (κ3) is 2.99.